The highest BCUT2D eigenvalue weighted by atomic mass is 79.9. The summed E-state index contributed by atoms with van der Waals surface area (Å²) in [5.41, 5.74) is 1.79. The lowest BCUT2D eigenvalue weighted by Crippen LogP contribution is -2.46. The fourth-order valence-corrected chi connectivity index (χ4v) is 3.77. The molecular weight excluding hydrogens is 412 g/mol. The Labute approximate surface area is 166 Å². The van der Waals surface area contributed by atoms with E-state index in [4.69, 9.17) is 9.16 Å². The zero-order valence-corrected chi connectivity index (χ0v) is 19.3. The number of rotatable bonds is 4. The maximum atomic E-state index is 12.6. The average molecular weight is 443 g/mol. The number of hydrogen-bond acceptors (Lipinski definition) is 3. The van der Waals surface area contributed by atoms with Crippen LogP contribution in [0.1, 0.15) is 33.3 Å². The van der Waals surface area contributed by atoms with Gasteiger partial charge in [0.05, 0.1) is 19.3 Å². The fourth-order valence-electron chi connectivity index (χ4n) is 2.46. The van der Waals surface area contributed by atoms with Gasteiger partial charge in [0.25, 0.3) is 0 Å². The Morgan fingerprint density at radius 2 is 2.12 bits per heavy atom. The Morgan fingerprint density at radius 1 is 1.42 bits per heavy atom. The van der Waals surface area contributed by atoms with Gasteiger partial charge < -0.3 is 19.4 Å². The molecule has 2 rings (SSSR count). The SMILES string of the molecule is CC1CN(C(=O)Nc2cc(Br)ccc2CO[Si](C)(C)C(C)(C)C)CCO1. The molecule has 1 N–H and O–H groups in total. The minimum Gasteiger partial charge on any atom is -0.412 e. The lowest BCUT2D eigenvalue weighted by molar-refractivity contribution is -0.00139. The van der Waals surface area contributed by atoms with Crippen molar-refractivity contribution < 1.29 is 14.0 Å². The van der Waals surface area contributed by atoms with Crippen LogP contribution < -0.4 is 5.32 Å². The molecule has 0 spiro atoms. The Bertz CT molecular complexity index is 646. The van der Waals surface area contributed by atoms with Gasteiger partial charge in [0.1, 0.15) is 0 Å². The second-order valence-electron chi connectivity index (χ2n) is 8.41. The zero-order valence-electron chi connectivity index (χ0n) is 16.7. The third-order valence-electron chi connectivity index (χ3n) is 5.24. The van der Waals surface area contributed by atoms with Crippen molar-refractivity contribution >= 4 is 36.0 Å². The molecule has 1 saturated heterocycles. The second-order valence-corrected chi connectivity index (χ2v) is 14.1. The predicted molar refractivity (Wildman–Crippen MR) is 112 cm³/mol. The van der Waals surface area contributed by atoms with Crippen molar-refractivity contribution in [1.29, 1.82) is 0 Å². The molecule has 26 heavy (non-hydrogen) atoms. The summed E-state index contributed by atoms with van der Waals surface area (Å²) in [6, 6.07) is 5.84. The van der Waals surface area contributed by atoms with Crippen molar-refractivity contribution in [1.82, 2.24) is 4.90 Å². The number of carbonyl (C=O) groups excluding carboxylic acids is 1. The molecule has 0 radical (unpaired) electrons. The maximum Gasteiger partial charge on any atom is 0.322 e. The van der Waals surface area contributed by atoms with Crippen LogP contribution in [0, 0.1) is 0 Å². The molecule has 0 saturated carbocycles. The Kier molecular flexibility index (Phi) is 6.93. The van der Waals surface area contributed by atoms with Crippen LogP contribution in [-0.2, 0) is 15.8 Å². The van der Waals surface area contributed by atoms with Gasteiger partial charge >= 0.3 is 6.03 Å². The highest BCUT2D eigenvalue weighted by Crippen LogP contribution is 2.37. The highest BCUT2D eigenvalue weighted by molar-refractivity contribution is 9.10. The molecule has 1 atom stereocenters. The van der Waals surface area contributed by atoms with Crippen LogP contribution in [0.3, 0.4) is 0 Å². The average Bonchev–Trinajstić information content (AvgIpc) is 2.53. The molecule has 1 unspecified atom stereocenters. The molecule has 1 aliphatic rings. The van der Waals surface area contributed by atoms with Crippen LogP contribution in [0.25, 0.3) is 0 Å². The number of carbonyl (C=O) groups is 1. The van der Waals surface area contributed by atoms with Crippen LogP contribution in [0.4, 0.5) is 10.5 Å². The summed E-state index contributed by atoms with van der Waals surface area (Å²) in [6.45, 7) is 15.4. The standard InChI is InChI=1S/C19H31BrN2O3Si/c1-14-12-22(9-10-24-14)18(23)21-17-11-16(20)8-7-15(17)13-25-26(5,6)19(2,3)4/h7-8,11,14H,9-10,12-13H2,1-6H3,(H,21,23). The monoisotopic (exact) mass is 442 g/mol. The predicted octanol–water partition coefficient (Wildman–Crippen LogP) is 5.22. The summed E-state index contributed by atoms with van der Waals surface area (Å²) in [5.74, 6) is 0. The number of anilines is 1. The first kappa shape index (κ1) is 21.4. The van der Waals surface area contributed by atoms with E-state index < -0.39 is 8.32 Å². The topological polar surface area (TPSA) is 50.8 Å². The van der Waals surface area contributed by atoms with Gasteiger partial charge in [0.15, 0.2) is 8.32 Å². The number of hydrogen-bond donors (Lipinski definition) is 1. The van der Waals surface area contributed by atoms with Gasteiger partial charge in [-0.15, -0.1) is 0 Å². The number of morpholine rings is 1. The van der Waals surface area contributed by atoms with E-state index in [0.717, 1.165) is 15.7 Å². The number of amides is 2. The molecule has 0 bridgehead atoms. The van der Waals surface area contributed by atoms with Crippen LogP contribution in [0.5, 0.6) is 0 Å². The lowest BCUT2D eigenvalue weighted by Gasteiger charge is -2.36. The van der Waals surface area contributed by atoms with E-state index in [2.05, 4.69) is 55.1 Å². The van der Waals surface area contributed by atoms with E-state index in [1.165, 1.54) is 0 Å². The molecule has 1 aliphatic heterocycles. The molecule has 0 aromatic heterocycles. The molecule has 7 heteroatoms. The van der Waals surface area contributed by atoms with Gasteiger partial charge in [0.2, 0.25) is 0 Å². The quantitative estimate of drug-likeness (QED) is 0.649. The van der Waals surface area contributed by atoms with Crippen molar-refractivity contribution in [2.45, 2.75) is 58.5 Å². The Morgan fingerprint density at radius 3 is 2.73 bits per heavy atom. The van der Waals surface area contributed by atoms with Crippen molar-refractivity contribution in [2.75, 3.05) is 25.0 Å². The molecule has 1 aromatic carbocycles. The van der Waals surface area contributed by atoms with Gasteiger partial charge in [-0.05, 0) is 37.2 Å². The summed E-state index contributed by atoms with van der Waals surface area (Å²) in [5, 5.41) is 3.20. The van der Waals surface area contributed by atoms with E-state index in [0.29, 0.717) is 26.3 Å². The fraction of sp³-hybridized carbons (Fsp3) is 0.632. The molecule has 5 nitrogen and oxygen atoms in total. The largest absolute Gasteiger partial charge is 0.412 e. The third-order valence-corrected chi connectivity index (χ3v) is 10.2. The zero-order chi connectivity index (χ0) is 19.5. The molecule has 2 amide bonds. The number of ether oxygens (including phenoxy) is 1. The van der Waals surface area contributed by atoms with Crippen LogP contribution in [-0.4, -0.2) is 45.0 Å². The van der Waals surface area contributed by atoms with Crippen molar-refractivity contribution in [3.63, 3.8) is 0 Å². The molecular formula is C19H31BrN2O3Si. The number of nitrogens with one attached hydrogen (secondary N) is 1. The molecule has 1 heterocycles. The first-order valence-corrected chi connectivity index (χ1v) is 12.8. The van der Waals surface area contributed by atoms with Gasteiger partial charge in [-0.25, -0.2) is 4.79 Å². The smallest absolute Gasteiger partial charge is 0.322 e. The first-order chi connectivity index (χ1) is 12.0. The maximum absolute atomic E-state index is 12.6. The van der Waals surface area contributed by atoms with Gasteiger partial charge in [-0.1, -0.05) is 42.8 Å². The first-order valence-electron chi connectivity index (χ1n) is 9.09. The molecule has 0 aliphatic carbocycles. The van der Waals surface area contributed by atoms with E-state index in [1.54, 1.807) is 4.90 Å². The number of halogens is 1. The van der Waals surface area contributed by atoms with Crippen LogP contribution in [0.2, 0.25) is 18.1 Å². The molecule has 1 aromatic rings. The van der Waals surface area contributed by atoms with Crippen molar-refractivity contribution in [3.8, 4) is 0 Å². The number of nitrogens with zero attached hydrogens (tertiary/aromatic N) is 1. The van der Waals surface area contributed by atoms with E-state index in [1.807, 2.05) is 25.1 Å². The number of urea groups is 1. The van der Waals surface area contributed by atoms with Crippen LogP contribution in [0.15, 0.2) is 22.7 Å². The Balaban J connectivity index is 2.11. The summed E-state index contributed by atoms with van der Waals surface area (Å²) in [7, 11) is -1.86. The summed E-state index contributed by atoms with van der Waals surface area (Å²) >= 11 is 3.50. The van der Waals surface area contributed by atoms with Gasteiger partial charge in [-0.2, -0.15) is 0 Å². The normalized spacial score (nSPS) is 18.7. The van der Waals surface area contributed by atoms with E-state index in [-0.39, 0.29) is 17.2 Å². The summed E-state index contributed by atoms with van der Waals surface area (Å²) in [6.07, 6.45) is 0.0680. The minimum absolute atomic E-state index is 0.0680. The van der Waals surface area contributed by atoms with Crippen LogP contribution >= 0.6 is 15.9 Å². The van der Waals surface area contributed by atoms with E-state index in [9.17, 15) is 4.79 Å². The second kappa shape index (κ2) is 8.42. The molecule has 146 valence electrons. The Hall–Kier alpha value is -0.893. The van der Waals surface area contributed by atoms with Crippen molar-refractivity contribution in [2.24, 2.45) is 0 Å². The van der Waals surface area contributed by atoms with Gasteiger partial charge in [0, 0.05) is 28.8 Å². The van der Waals surface area contributed by atoms with Gasteiger partial charge in [-0.3, -0.25) is 0 Å². The lowest BCUT2D eigenvalue weighted by atomic mass is 10.2. The summed E-state index contributed by atoms with van der Waals surface area (Å²) < 4.78 is 12.8. The minimum atomic E-state index is -1.86. The van der Waals surface area contributed by atoms with Crippen molar-refractivity contribution in [3.05, 3.63) is 28.2 Å². The highest BCUT2D eigenvalue weighted by Gasteiger charge is 2.37. The van der Waals surface area contributed by atoms with E-state index >= 15 is 0 Å². The summed E-state index contributed by atoms with van der Waals surface area (Å²) in [4.78, 5) is 14.4. The molecule has 1 fully saturated rings. The third kappa shape index (κ3) is 5.55. The number of benzene rings is 1.